The summed E-state index contributed by atoms with van der Waals surface area (Å²) in [4.78, 5) is 4.60. The van der Waals surface area contributed by atoms with Gasteiger partial charge in [-0.3, -0.25) is 4.90 Å². The van der Waals surface area contributed by atoms with Crippen LogP contribution in [0.3, 0.4) is 0 Å². The zero-order chi connectivity index (χ0) is 20.8. The molecule has 2 N–H and O–H groups in total. The lowest BCUT2D eigenvalue weighted by Gasteiger charge is -2.33. The van der Waals surface area contributed by atoms with Crippen LogP contribution in [0.4, 0.5) is 0 Å². The highest BCUT2D eigenvalue weighted by molar-refractivity contribution is 5.73. The summed E-state index contributed by atoms with van der Waals surface area (Å²) in [5, 5.41) is 21.4. The van der Waals surface area contributed by atoms with E-state index < -0.39 is 6.10 Å². The largest absolute Gasteiger partial charge is 0.491 e. The molecular weight excluding hydrogens is 382 g/mol. The second-order valence-corrected chi connectivity index (χ2v) is 7.90. The lowest BCUT2D eigenvalue weighted by Crippen LogP contribution is -2.47. The van der Waals surface area contributed by atoms with E-state index in [2.05, 4.69) is 32.5 Å². The molecule has 3 aromatic rings. The number of ether oxygens (including phenoxy) is 1. The number of nitrogens with one attached hydrogen (secondary N) is 1. The van der Waals surface area contributed by atoms with E-state index in [4.69, 9.17) is 9.37 Å². The van der Waals surface area contributed by atoms with E-state index >= 15 is 0 Å². The van der Waals surface area contributed by atoms with Crippen LogP contribution in [0, 0.1) is 0 Å². The van der Waals surface area contributed by atoms with Crippen LogP contribution in [0.15, 0.2) is 47.1 Å². The fourth-order valence-corrected chi connectivity index (χ4v) is 3.57. The van der Waals surface area contributed by atoms with E-state index in [1.165, 1.54) is 5.56 Å². The molecule has 0 spiro atoms. The molecule has 1 aliphatic rings. The summed E-state index contributed by atoms with van der Waals surface area (Å²) in [5.41, 5.74) is 3.84. The molecule has 8 heteroatoms. The monoisotopic (exact) mass is 411 g/mol. The van der Waals surface area contributed by atoms with Crippen LogP contribution in [0.25, 0.3) is 11.0 Å². The molecule has 1 saturated heterocycles. The molecule has 2 aromatic carbocycles. The minimum absolute atomic E-state index is 0.309. The molecular formula is C22H29N5O3. The first kappa shape index (κ1) is 20.7. The number of β-amino-alcohol motifs (C(OH)–C–C–N with tert-alkyl or cyclic N) is 1. The van der Waals surface area contributed by atoms with Crippen LogP contribution >= 0.6 is 0 Å². The minimum Gasteiger partial charge on any atom is -0.491 e. The minimum atomic E-state index is -0.480. The van der Waals surface area contributed by atoms with Gasteiger partial charge in [-0.25, -0.2) is 4.63 Å². The first-order valence-corrected chi connectivity index (χ1v) is 10.4. The highest BCUT2D eigenvalue weighted by Crippen LogP contribution is 2.14. The van der Waals surface area contributed by atoms with E-state index in [-0.39, 0.29) is 0 Å². The maximum Gasteiger partial charge on any atom is 0.135 e. The van der Waals surface area contributed by atoms with Crippen molar-refractivity contribution in [1.82, 2.24) is 25.4 Å². The molecule has 2 heterocycles. The third-order valence-corrected chi connectivity index (χ3v) is 5.41. The molecule has 0 amide bonds. The van der Waals surface area contributed by atoms with Gasteiger partial charge in [-0.05, 0) is 52.8 Å². The van der Waals surface area contributed by atoms with Gasteiger partial charge in [0, 0.05) is 45.8 Å². The highest BCUT2D eigenvalue weighted by atomic mass is 16.6. The number of likely N-dealkylation sites (N-methyl/N-ethyl adjacent to an activating group) is 1. The Bertz CT molecular complexity index is 922. The summed E-state index contributed by atoms with van der Waals surface area (Å²) in [6.45, 7) is 6.55. The number of aliphatic hydroxyl groups is 1. The Balaban J connectivity index is 1.17. The molecule has 1 aliphatic heterocycles. The summed E-state index contributed by atoms with van der Waals surface area (Å²) >= 11 is 0. The van der Waals surface area contributed by atoms with Crippen molar-refractivity contribution in [1.29, 1.82) is 0 Å². The average Bonchev–Trinajstić information content (AvgIpc) is 3.23. The Morgan fingerprint density at radius 3 is 2.50 bits per heavy atom. The third-order valence-electron chi connectivity index (χ3n) is 5.41. The number of fused-ring (bicyclic) bond motifs is 1. The lowest BCUT2D eigenvalue weighted by atomic mass is 10.2. The second-order valence-electron chi connectivity index (χ2n) is 7.90. The maximum absolute atomic E-state index is 10.3. The van der Waals surface area contributed by atoms with Crippen LogP contribution in [-0.4, -0.2) is 77.7 Å². The predicted octanol–water partition coefficient (Wildman–Crippen LogP) is 1.50. The first-order chi connectivity index (χ1) is 14.7. The van der Waals surface area contributed by atoms with E-state index in [0.717, 1.165) is 61.6 Å². The van der Waals surface area contributed by atoms with Crippen molar-refractivity contribution in [2.24, 2.45) is 0 Å². The van der Waals surface area contributed by atoms with Crippen molar-refractivity contribution in [2.45, 2.75) is 19.2 Å². The molecule has 30 heavy (non-hydrogen) atoms. The zero-order valence-corrected chi connectivity index (χ0v) is 17.3. The molecule has 160 valence electrons. The number of hydrogen-bond acceptors (Lipinski definition) is 8. The summed E-state index contributed by atoms with van der Waals surface area (Å²) in [6, 6.07) is 13.9. The van der Waals surface area contributed by atoms with Crippen LogP contribution in [0.1, 0.15) is 11.1 Å². The van der Waals surface area contributed by atoms with Crippen LogP contribution < -0.4 is 10.1 Å². The standard InChI is InChI=1S/C22H29N5O3/c1-26-8-10-27(11-9-26)15-19(28)16-29-20-5-2-17(3-6-20)13-23-14-18-4-7-21-22(12-18)25-30-24-21/h2-7,12,19,23,28H,8-11,13-16H2,1H3. The van der Waals surface area contributed by atoms with E-state index in [0.29, 0.717) is 13.2 Å². The van der Waals surface area contributed by atoms with Gasteiger partial charge >= 0.3 is 0 Å². The Hall–Kier alpha value is -2.52. The molecule has 1 fully saturated rings. The molecule has 1 atom stereocenters. The fraction of sp³-hybridized carbons (Fsp3) is 0.455. The van der Waals surface area contributed by atoms with Gasteiger partial charge < -0.3 is 20.1 Å². The number of piperazine rings is 1. The van der Waals surface area contributed by atoms with Crippen LogP contribution in [-0.2, 0) is 13.1 Å². The Morgan fingerprint density at radius 2 is 1.70 bits per heavy atom. The van der Waals surface area contributed by atoms with Crippen LogP contribution in [0.2, 0.25) is 0 Å². The smallest absolute Gasteiger partial charge is 0.135 e. The molecule has 4 rings (SSSR count). The highest BCUT2D eigenvalue weighted by Gasteiger charge is 2.17. The lowest BCUT2D eigenvalue weighted by molar-refractivity contribution is 0.0505. The molecule has 0 radical (unpaired) electrons. The Morgan fingerprint density at radius 1 is 1.00 bits per heavy atom. The number of nitrogens with zero attached hydrogens (tertiary/aromatic N) is 4. The molecule has 0 aliphatic carbocycles. The molecule has 0 saturated carbocycles. The quantitative estimate of drug-likeness (QED) is 0.548. The number of benzene rings is 2. The molecule has 8 nitrogen and oxygen atoms in total. The number of hydrogen-bond donors (Lipinski definition) is 2. The predicted molar refractivity (Wildman–Crippen MR) is 114 cm³/mol. The van der Waals surface area contributed by atoms with E-state index in [1.54, 1.807) is 0 Å². The van der Waals surface area contributed by atoms with Gasteiger partial charge in [0.2, 0.25) is 0 Å². The normalized spacial score (nSPS) is 16.7. The van der Waals surface area contributed by atoms with Crippen molar-refractivity contribution in [3.63, 3.8) is 0 Å². The van der Waals surface area contributed by atoms with E-state index in [9.17, 15) is 5.11 Å². The van der Waals surface area contributed by atoms with Gasteiger partial charge in [0.1, 0.15) is 29.5 Å². The Kier molecular flexibility index (Phi) is 6.91. The first-order valence-electron chi connectivity index (χ1n) is 10.4. The second kappa shape index (κ2) is 9.99. The van der Waals surface area contributed by atoms with Gasteiger partial charge in [0.25, 0.3) is 0 Å². The van der Waals surface area contributed by atoms with Gasteiger partial charge in [-0.1, -0.05) is 18.2 Å². The van der Waals surface area contributed by atoms with Crippen molar-refractivity contribution in [3.8, 4) is 5.75 Å². The summed E-state index contributed by atoms with van der Waals surface area (Å²) < 4.78 is 10.5. The number of rotatable bonds is 9. The molecule has 0 bridgehead atoms. The zero-order valence-electron chi connectivity index (χ0n) is 17.3. The number of aromatic nitrogens is 2. The van der Waals surface area contributed by atoms with Crippen molar-refractivity contribution >= 4 is 11.0 Å². The third kappa shape index (κ3) is 5.76. The SMILES string of the molecule is CN1CCN(CC(O)COc2ccc(CNCc3ccc4nonc4c3)cc2)CC1. The van der Waals surface area contributed by atoms with Crippen molar-refractivity contribution in [3.05, 3.63) is 53.6 Å². The number of aliphatic hydroxyl groups excluding tert-OH is 1. The van der Waals surface area contributed by atoms with Gasteiger partial charge in [-0.15, -0.1) is 0 Å². The van der Waals surface area contributed by atoms with Crippen LogP contribution in [0.5, 0.6) is 5.75 Å². The van der Waals surface area contributed by atoms with Crippen molar-refractivity contribution < 1.29 is 14.5 Å². The average molecular weight is 412 g/mol. The van der Waals surface area contributed by atoms with Gasteiger partial charge in [0.05, 0.1) is 0 Å². The van der Waals surface area contributed by atoms with Gasteiger partial charge in [0.15, 0.2) is 0 Å². The Labute approximate surface area is 176 Å². The topological polar surface area (TPSA) is 86.9 Å². The van der Waals surface area contributed by atoms with E-state index in [1.807, 2.05) is 42.5 Å². The van der Waals surface area contributed by atoms with Gasteiger partial charge in [-0.2, -0.15) is 0 Å². The van der Waals surface area contributed by atoms with Crippen molar-refractivity contribution in [2.75, 3.05) is 46.4 Å². The summed E-state index contributed by atoms with van der Waals surface area (Å²) in [6.07, 6.45) is -0.480. The summed E-state index contributed by atoms with van der Waals surface area (Å²) in [7, 11) is 2.13. The fourth-order valence-electron chi connectivity index (χ4n) is 3.57. The molecule has 1 aromatic heterocycles. The molecule has 1 unspecified atom stereocenters. The summed E-state index contributed by atoms with van der Waals surface area (Å²) in [5.74, 6) is 0.778. The maximum atomic E-state index is 10.3.